The highest BCUT2D eigenvalue weighted by molar-refractivity contribution is 7.94. The molecule has 310 valence electrons. The van der Waals surface area contributed by atoms with Crippen LogP contribution in [-0.4, -0.2) is 120 Å². The van der Waals surface area contributed by atoms with E-state index in [4.69, 9.17) is 32.5 Å². The summed E-state index contributed by atoms with van der Waals surface area (Å²) in [7, 11) is -32.8. The third-order valence-electron chi connectivity index (χ3n) is 8.12. The highest BCUT2D eigenvalue weighted by Gasteiger charge is 2.76. The zero-order valence-electron chi connectivity index (χ0n) is 27.5. The number of aliphatic hydroxyl groups is 2. The molecule has 2 aliphatic heterocycles. The van der Waals surface area contributed by atoms with E-state index in [-0.39, 0.29) is 46.8 Å². The minimum Gasteiger partial charge on any atom is -0.390 e. The number of imidazole rings is 2. The number of phosphoric ester groups is 2. The number of nitrogen functional groups attached to an aromatic ring is 2. The molecule has 6 heterocycles. The number of fused-ring (bicyclic) bond motifs is 2. The molecule has 2 aliphatic rings. The molecule has 0 aliphatic carbocycles. The van der Waals surface area contributed by atoms with Gasteiger partial charge in [-0.3, -0.25) is 31.9 Å². The number of anilines is 2. The minimum absolute atomic E-state index is 0.0212. The standard InChI is InChI=1S/C21H30ClN10O19P5/c22-21(52(35,36)37,53(38,39)50-55(42,43)46-3-11-9(33)1-13(48-11)31-7-29-15-17(23)25-5-27-19(15)31)54(40,41)51-56(44,45)47-4-12-10(34)2-14(49-12)32-8-30-16-18(24)26-6-28-20(16)32/h5-14,33-34H,1-4H2,(H,38,39)(H,40,41)(H,42,43)(H,44,45)(H2,23,25,27)(H2,24,26,28)(H2,35,36,37)/t9-,10-,11+,12+,13+,14+/m0/s1. The van der Waals surface area contributed by atoms with Gasteiger partial charge in [-0.25, -0.2) is 47.7 Å². The van der Waals surface area contributed by atoms with Gasteiger partial charge in [0.2, 0.25) is 0 Å². The summed E-state index contributed by atoms with van der Waals surface area (Å²) in [4.78, 5) is 84.9. The molecule has 56 heavy (non-hydrogen) atoms. The van der Waals surface area contributed by atoms with E-state index in [2.05, 4.69) is 47.6 Å². The first kappa shape index (κ1) is 43.2. The van der Waals surface area contributed by atoms with Crippen LogP contribution in [0.5, 0.6) is 0 Å². The fraction of sp³-hybridized carbons (Fsp3) is 0.524. The highest BCUT2D eigenvalue weighted by Crippen LogP contribution is 2.91. The van der Waals surface area contributed by atoms with Crippen LogP contribution in [0.1, 0.15) is 25.3 Å². The Bertz CT molecular complexity index is 2230. The van der Waals surface area contributed by atoms with E-state index in [0.717, 1.165) is 12.7 Å². The quantitative estimate of drug-likeness (QED) is 0.0545. The van der Waals surface area contributed by atoms with Crippen molar-refractivity contribution in [3.05, 3.63) is 25.3 Å². The van der Waals surface area contributed by atoms with E-state index in [1.807, 2.05) is 0 Å². The Morgan fingerprint density at radius 3 is 1.43 bits per heavy atom. The number of nitrogens with two attached hydrogens (primary N) is 2. The molecule has 2 fully saturated rings. The van der Waals surface area contributed by atoms with Crippen LogP contribution in [0.25, 0.3) is 22.3 Å². The van der Waals surface area contributed by atoms with Crippen molar-refractivity contribution in [1.29, 1.82) is 0 Å². The molecule has 0 bridgehead atoms. The summed E-state index contributed by atoms with van der Waals surface area (Å²) < 4.78 is 90.4. The predicted molar refractivity (Wildman–Crippen MR) is 183 cm³/mol. The molecule has 10 atom stereocenters. The largest absolute Gasteiger partial charge is 0.479 e. The van der Waals surface area contributed by atoms with Gasteiger partial charge >= 0.3 is 42.5 Å². The Labute approximate surface area is 316 Å². The topological polar surface area (TPSA) is 442 Å². The number of alkyl halides is 1. The van der Waals surface area contributed by atoms with Gasteiger partial charge in [-0.2, -0.15) is 0 Å². The lowest BCUT2D eigenvalue weighted by Crippen LogP contribution is -2.27. The third-order valence-corrected chi connectivity index (χ3v) is 21.2. The fourth-order valence-corrected chi connectivity index (χ4v) is 15.4. The van der Waals surface area contributed by atoms with Crippen LogP contribution in [0.2, 0.25) is 0 Å². The third kappa shape index (κ3) is 8.24. The van der Waals surface area contributed by atoms with Gasteiger partial charge in [0.25, 0.3) is 0 Å². The normalized spacial score (nSPS) is 28.7. The fourth-order valence-electron chi connectivity index (χ4n) is 5.49. The lowest BCUT2D eigenvalue weighted by Gasteiger charge is -2.34. The molecule has 0 spiro atoms. The summed E-state index contributed by atoms with van der Waals surface area (Å²) in [6, 6.07) is 0. The lowest BCUT2D eigenvalue weighted by atomic mass is 10.2. The second-order valence-corrected chi connectivity index (χ2v) is 23.2. The maximum absolute atomic E-state index is 13.2. The van der Waals surface area contributed by atoms with Crippen molar-refractivity contribution in [2.75, 3.05) is 24.7 Å². The Hall–Kier alpha value is -2.42. The number of aliphatic hydroxyl groups excluding tert-OH is 2. The molecule has 0 aromatic carbocycles. The molecular formula is C21H30ClN10O19P5. The molecule has 4 aromatic heterocycles. The van der Waals surface area contributed by atoms with Crippen molar-refractivity contribution in [1.82, 2.24) is 39.0 Å². The Balaban J connectivity index is 1.10. The van der Waals surface area contributed by atoms with Crippen LogP contribution in [0.3, 0.4) is 0 Å². The summed E-state index contributed by atoms with van der Waals surface area (Å²) in [6.45, 7) is -2.25. The van der Waals surface area contributed by atoms with E-state index in [1.54, 1.807) is 0 Å². The summed E-state index contributed by atoms with van der Waals surface area (Å²) >= 11 is 5.58. The van der Waals surface area contributed by atoms with E-state index in [9.17, 15) is 62.4 Å². The molecule has 29 nitrogen and oxygen atoms in total. The maximum Gasteiger partial charge on any atom is 0.479 e. The van der Waals surface area contributed by atoms with Crippen LogP contribution in [-0.2, 0) is 50.0 Å². The summed E-state index contributed by atoms with van der Waals surface area (Å²) in [5.41, 5.74) is 12.2. The van der Waals surface area contributed by atoms with Crippen LogP contribution in [0.4, 0.5) is 11.6 Å². The van der Waals surface area contributed by atoms with Gasteiger partial charge in [0.1, 0.15) is 48.4 Å². The molecule has 4 unspecified atom stereocenters. The SMILES string of the molecule is Nc1ncnc2c1ncn2[C@H]1C[C@H](O)[C@@H](COP(=O)(O)OP(=O)(O)C(Cl)(P(=O)(O)O)P(=O)(O)OP(=O)(O)OC[C@H]2O[C@@H](n3cnc4c(N)ncnc43)C[C@@H]2O)O1. The average molecular weight is 917 g/mol. The zero-order valence-corrected chi connectivity index (χ0v) is 32.7. The molecule has 12 N–H and O–H groups in total. The first-order valence-electron chi connectivity index (χ1n) is 15.2. The van der Waals surface area contributed by atoms with Crippen molar-refractivity contribution in [3.63, 3.8) is 0 Å². The first-order chi connectivity index (χ1) is 25.9. The Morgan fingerprint density at radius 1 is 0.696 bits per heavy atom. The number of aromatic nitrogens is 8. The minimum atomic E-state index is -6.93. The van der Waals surface area contributed by atoms with Crippen molar-refractivity contribution in [3.8, 4) is 0 Å². The number of hydrogen-bond donors (Lipinski definition) is 10. The van der Waals surface area contributed by atoms with Gasteiger partial charge in [-0.15, -0.1) is 0 Å². The molecular weight excluding hydrogens is 887 g/mol. The molecule has 0 radical (unpaired) electrons. The first-order valence-corrected chi connectivity index (χ1v) is 23.3. The lowest BCUT2D eigenvalue weighted by molar-refractivity contribution is -0.0422. The van der Waals surface area contributed by atoms with Gasteiger partial charge in [0.05, 0.1) is 38.1 Å². The van der Waals surface area contributed by atoms with E-state index in [1.165, 1.54) is 21.8 Å². The number of halogens is 1. The molecule has 0 saturated carbocycles. The molecule has 0 amide bonds. The Morgan fingerprint density at radius 2 is 1.07 bits per heavy atom. The molecule has 2 saturated heterocycles. The Kier molecular flexibility index (Phi) is 11.8. The van der Waals surface area contributed by atoms with Crippen LogP contribution >= 0.6 is 50.0 Å². The van der Waals surface area contributed by atoms with Crippen LogP contribution in [0, 0.1) is 0 Å². The molecule has 6 rings (SSSR count). The summed E-state index contributed by atoms with van der Waals surface area (Å²) in [6.07, 6.45) is -3.62. The molecule has 4 aromatic rings. The van der Waals surface area contributed by atoms with Gasteiger partial charge in [0.15, 0.2) is 22.9 Å². The number of ether oxygens (including phenoxy) is 2. The van der Waals surface area contributed by atoms with Crippen molar-refractivity contribution in [2.24, 2.45) is 0 Å². The van der Waals surface area contributed by atoms with Crippen molar-refractivity contribution >= 4 is 84.0 Å². The smallest absolute Gasteiger partial charge is 0.390 e. The van der Waals surface area contributed by atoms with Crippen LogP contribution in [0.15, 0.2) is 25.3 Å². The predicted octanol–water partition coefficient (Wildman–Crippen LogP) is -0.207. The van der Waals surface area contributed by atoms with E-state index < -0.39 is 92.6 Å². The van der Waals surface area contributed by atoms with Gasteiger partial charge in [0, 0.05) is 12.8 Å². The number of hydrogen-bond acceptors (Lipinski definition) is 21. The summed E-state index contributed by atoms with van der Waals surface area (Å²) in [5.74, 6) is 0.0424. The number of rotatable bonds is 15. The molecule has 35 heteroatoms. The average Bonchev–Trinajstić information content (AvgIpc) is 3.86. The number of nitrogens with zero attached hydrogens (tertiary/aromatic N) is 8. The maximum atomic E-state index is 13.2. The second kappa shape index (κ2) is 15.3. The van der Waals surface area contributed by atoms with Gasteiger partial charge in [-0.1, -0.05) is 11.6 Å². The summed E-state index contributed by atoms with van der Waals surface area (Å²) in [5, 5.41) is 21.0. The van der Waals surface area contributed by atoms with Crippen molar-refractivity contribution < 1.29 is 89.5 Å². The monoisotopic (exact) mass is 916 g/mol. The van der Waals surface area contributed by atoms with Gasteiger partial charge < -0.3 is 60.5 Å². The second-order valence-electron chi connectivity index (χ2n) is 11.9. The van der Waals surface area contributed by atoms with Crippen molar-refractivity contribution in [2.45, 2.75) is 53.8 Å². The number of phosphoric acid groups is 2. The van der Waals surface area contributed by atoms with E-state index in [0.29, 0.717) is 0 Å². The van der Waals surface area contributed by atoms with Crippen LogP contribution < -0.4 is 11.5 Å². The van der Waals surface area contributed by atoms with Gasteiger partial charge in [-0.05, 0) is 0 Å². The van der Waals surface area contributed by atoms with E-state index >= 15 is 0 Å². The zero-order chi connectivity index (χ0) is 41.2. The highest BCUT2D eigenvalue weighted by atomic mass is 35.5.